The molecular formula is C18H25Cl2N3O3. The van der Waals surface area contributed by atoms with Crippen LogP contribution >= 0.6 is 23.2 Å². The fourth-order valence-electron chi connectivity index (χ4n) is 2.96. The van der Waals surface area contributed by atoms with Crippen LogP contribution in [0.15, 0.2) is 18.2 Å². The highest BCUT2D eigenvalue weighted by Crippen LogP contribution is 2.26. The van der Waals surface area contributed by atoms with Crippen LogP contribution in [-0.4, -0.2) is 61.1 Å². The summed E-state index contributed by atoms with van der Waals surface area (Å²) >= 11 is 12.2. The molecule has 144 valence electrons. The van der Waals surface area contributed by atoms with Crippen LogP contribution in [0, 0.1) is 0 Å². The van der Waals surface area contributed by atoms with Gasteiger partial charge >= 0.3 is 6.09 Å². The molecule has 0 saturated carbocycles. The molecule has 1 N–H and O–H groups in total. The number of likely N-dealkylation sites (tertiary alicyclic amines) is 1. The van der Waals surface area contributed by atoms with Crippen molar-refractivity contribution in [2.24, 2.45) is 0 Å². The number of hydrogen-bond donors (Lipinski definition) is 1. The second-order valence-corrected chi connectivity index (χ2v) is 7.20. The van der Waals surface area contributed by atoms with Crippen molar-refractivity contribution in [2.45, 2.75) is 32.4 Å². The van der Waals surface area contributed by atoms with Gasteiger partial charge < -0.3 is 15.0 Å². The summed E-state index contributed by atoms with van der Waals surface area (Å²) in [5, 5.41) is 4.07. The molecule has 8 heteroatoms. The Bertz CT molecular complexity index is 634. The molecule has 0 radical (unpaired) electrons. The maximum Gasteiger partial charge on any atom is 0.409 e. The molecule has 2 amide bonds. The molecule has 0 bridgehead atoms. The number of halogens is 2. The Morgan fingerprint density at radius 1 is 1.31 bits per heavy atom. The first-order chi connectivity index (χ1) is 12.4. The topological polar surface area (TPSA) is 61.9 Å². The Kier molecular flexibility index (Phi) is 8.00. The highest BCUT2D eigenvalue weighted by molar-refractivity contribution is 6.42. The van der Waals surface area contributed by atoms with E-state index in [0.717, 1.165) is 18.4 Å². The van der Waals surface area contributed by atoms with Crippen LogP contribution in [0.25, 0.3) is 0 Å². The largest absolute Gasteiger partial charge is 0.450 e. The fraction of sp³-hybridized carbons (Fsp3) is 0.556. The summed E-state index contributed by atoms with van der Waals surface area (Å²) in [4.78, 5) is 27.5. The van der Waals surface area contributed by atoms with Gasteiger partial charge in [0.05, 0.1) is 23.2 Å². The van der Waals surface area contributed by atoms with Crippen LogP contribution < -0.4 is 5.32 Å². The number of nitrogens with zero attached hydrogens (tertiary/aromatic N) is 2. The van der Waals surface area contributed by atoms with E-state index in [-0.39, 0.29) is 24.6 Å². The first-order valence-corrected chi connectivity index (χ1v) is 9.48. The third-order valence-corrected chi connectivity index (χ3v) is 5.13. The number of amides is 2. The van der Waals surface area contributed by atoms with Crippen molar-refractivity contribution in [3.63, 3.8) is 0 Å². The Hall–Kier alpha value is -1.50. The maximum absolute atomic E-state index is 12.3. The van der Waals surface area contributed by atoms with Crippen LogP contribution in [0.1, 0.15) is 25.3 Å². The number of rotatable bonds is 6. The number of benzene rings is 1. The van der Waals surface area contributed by atoms with Gasteiger partial charge in [0.2, 0.25) is 5.91 Å². The minimum atomic E-state index is -0.282. The van der Waals surface area contributed by atoms with Crippen molar-refractivity contribution in [3.05, 3.63) is 33.8 Å². The molecule has 1 saturated heterocycles. The zero-order valence-corrected chi connectivity index (χ0v) is 16.6. The summed E-state index contributed by atoms with van der Waals surface area (Å²) in [7, 11) is 1.86. The molecule has 0 atom stereocenters. The van der Waals surface area contributed by atoms with Crippen molar-refractivity contribution >= 4 is 35.2 Å². The highest BCUT2D eigenvalue weighted by atomic mass is 35.5. The van der Waals surface area contributed by atoms with Gasteiger partial charge in [0.25, 0.3) is 0 Å². The van der Waals surface area contributed by atoms with E-state index in [9.17, 15) is 9.59 Å². The number of ether oxygens (including phenoxy) is 1. The minimum absolute atomic E-state index is 0.0414. The normalized spacial score (nSPS) is 15.2. The zero-order valence-electron chi connectivity index (χ0n) is 15.1. The molecule has 1 heterocycles. The molecule has 26 heavy (non-hydrogen) atoms. The van der Waals surface area contributed by atoms with Crippen LogP contribution in [0.2, 0.25) is 10.0 Å². The first-order valence-electron chi connectivity index (χ1n) is 8.73. The van der Waals surface area contributed by atoms with E-state index in [1.54, 1.807) is 17.9 Å². The summed E-state index contributed by atoms with van der Waals surface area (Å²) in [6, 6.07) is 5.56. The van der Waals surface area contributed by atoms with E-state index in [1.165, 1.54) is 0 Å². The summed E-state index contributed by atoms with van der Waals surface area (Å²) in [6.45, 7) is 4.15. The molecule has 0 aliphatic carbocycles. The predicted molar refractivity (Wildman–Crippen MR) is 103 cm³/mol. The predicted octanol–water partition coefficient (Wildman–Crippen LogP) is 3.16. The van der Waals surface area contributed by atoms with Gasteiger partial charge in [0.1, 0.15) is 0 Å². The van der Waals surface area contributed by atoms with Crippen LogP contribution in [-0.2, 0) is 16.1 Å². The molecule has 1 aromatic rings. The minimum Gasteiger partial charge on any atom is -0.450 e. The van der Waals surface area contributed by atoms with E-state index in [4.69, 9.17) is 27.9 Å². The smallest absolute Gasteiger partial charge is 0.409 e. The Balaban J connectivity index is 1.75. The van der Waals surface area contributed by atoms with E-state index >= 15 is 0 Å². The van der Waals surface area contributed by atoms with Crippen LogP contribution in [0.5, 0.6) is 0 Å². The van der Waals surface area contributed by atoms with Crippen molar-refractivity contribution in [1.82, 2.24) is 15.1 Å². The highest BCUT2D eigenvalue weighted by Gasteiger charge is 2.24. The second-order valence-electron chi connectivity index (χ2n) is 6.41. The van der Waals surface area contributed by atoms with Crippen molar-refractivity contribution in [3.8, 4) is 0 Å². The van der Waals surface area contributed by atoms with Crippen LogP contribution in [0.4, 0.5) is 4.79 Å². The standard InChI is InChI=1S/C18H25Cl2N3O3/c1-3-26-18(25)23-9-7-14(8-10-23)21-16(24)12-22(2)11-13-5-4-6-15(19)17(13)20/h4-6,14H,3,7-12H2,1-2H3,(H,21,24). The molecule has 1 aliphatic heterocycles. The van der Waals surface area contributed by atoms with Crippen LogP contribution in [0.3, 0.4) is 0 Å². The Morgan fingerprint density at radius 2 is 2.00 bits per heavy atom. The summed E-state index contributed by atoms with van der Waals surface area (Å²) in [5.41, 5.74) is 0.886. The third kappa shape index (κ3) is 6.04. The number of piperidine rings is 1. The molecule has 0 aromatic heterocycles. The summed E-state index contributed by atoms with van der Waals surface area (Å²) in [5.74, 6) is -0.0414. The van der Waals surface area contributed by atoms with E-state index in [0.29, 0.717) is 36.3 Å². The Labute approximate surface area is 164 Å². The van der Waals surface area contributed by atoms with Crippen molar-refractivity contribution < 1.29 is 14.3 Å². The molecule has 2 rings (SSSR count). The zero-order chi connectivity index (χ0) is 19.1. The van der Waals surface area contributed by atoms with E-state index < -0.39 is 0 Å². The maximum atomic E-state index is 12.3. The third-order valence-electron chi connectivity index (χ3n) is 4.27. The number of nitrogens with one attached hydrogen (secondary N) is 1. The van der Waals surface area contributed by atoms with Gasteiger partial charge in [-0.05, 0) is 38.4 Å². The van der Waals surface area contributed by atoms with Crippen molar-refractivity contribution in [1.29, 1.82) is 0 Å². The van der Waals surface area contributed by atoms with E-state index in [1.807, 2.05) is 24.1 Å². The second kappa shape index (κ2) is 10.00. The lowest BCUT2D eigenvalue weighted by Crippen LogP contribution is -2.48. The monoisotopic (exact) mass is 401 g/mol. The number of carbonyl (C=O) groups excluding carboxylic acids is 2. The van der Waals surface area contributed by atoms with Gasteiger partial charge in [-0.25, -0.2) is 4.79 Å². The van der Waals surface area contributed by atoms with Gasteiger partial charge in [-0.15, -0.1) is 0 Å². The van der Waals surface area contributed by atoms with Gasteiger partial charge in [0.15, 0.2) is 0 Å². The molecule has 1 fully saturated rings. The first kappa shape index (κ1) is 20.8. The fourth-order valence-corrected chi connectivity index (χ4v) is 3.34. The molecule has 0 spiro atoms. The van der Waals surface area contributed by atoms with Gasteiger partial charge in [-0.3, -0.25) is 9.69 Å². The lowest BCUT2D eigenvalue weighted by atomic mass is 10.1. The van der Waals surface area contributed by atoms with Gasteiger partial charge in [0, 0.05) is 25.7 Å². The average molecular weight is 402 g/mol. The number of likely N-dealkylation sites (N-methyl/N-ethyl adjacent to an activating group) is 1. The van der Waals surface area contributed by atoms with Gasteiger partial charge in [-0.2, -0.15) is 0 Å². The number of hydrogen-bond acceptors (Lipinski definition) is 4. The SMILES string of the molecule is CCOC(=O)N1CCC(NC(=O)CN(C)Cc2cccc(Cl)c2Cl)CC1. The molecular weight excluding hydrogens is 377 g/mol. The number of carbonyl (C=O) groups is 2. The lowest BCUT2D eigenvalue weighted by molar-refractivity contribution is -0.123. The van der Waals surface area contributed by atoms with Crippen molar-refractivity contribution in [2.75, 3.05) is 33.3 Å². The average Bonchev–Trinajstić information content (AvgIpc) is 2.59. The lowest BCUT2D eigenvalue weighted by Gasteiger charge is -2.32. The molecule has 6 nitrogen and oxygen atoms in total. The van der Waals surface area contributed by atoms with E-state index in [2.05, 4.69) is 5.32 Å². The molecule has 1 aliphatic rings. The summed E-state index contributed by atoms with van der Waals surface area (Å²) < 4.78 is 5.00. The molecule has 1 aromatic carbocycles. The van der Waals surface area contributed by atoms with Gasteiger partial charge in [-0.1, -0.05) is 35.3 Å². The Morgan fingerprint density at radius 3 is 2.65 bits per heavy atom. The summed E-state index contributed by atoms with van der Waals surface area (Å²) in [6.07, 6.45) is 1.18. The quantitative estimate of drug-likeness (QED) is 0.794. The molecule has 0 unspecified atom stereocenters.